The lowest BCUT2D eigenvalue weighted by atomic mass is 10.1. The Bertz CT molecular complexity index is 507. The van der Waals surface area contributed by atoms with E-state index in [0.29, 0.717) is 11.5 Å². The highest BCUT2D eigenvalue weighted by Crippen LogP contribution is 2.27. The summed E-state index contributed by atoms with van der Waals surface area (Å²) in [6.45, 7) is 0. The molecule has 88 valence electrons. The lowest BCUT2D eigenvalue weighted by molar-refractivity contribution is -0.130. The number of carboxylic acids is 1. The SMILES string of the molecule is COc1ccc(C(=O)C#CC(=O)O)cc1OC. The maximum absolute atomic E-state index is 11.5. The molecule has 0 bridgehead atoms. The lowest BCUT2D eigenvalue weighted by Gasteiger charge is -2.07. The van der Waals surface area contributed by atoms with Crippen molar-refractivity contribution in [1.82, 2.24) is 0 Å². The number of benzene rings is 1. The summed E-state index contributed by atoms with van der Waals surface area (Å²) >= 11 is 0. The molecule has 17 heavy (non-hydrogen) atoms. The lowest BCUT2D eigenvalue weighted by Crippen LogP contribution is -1.99. The van der Waals surface area contributed by atoms with Crippen LogP contribution in [0.5, 0.6) is 11.5 Å². The summed E-state index contributed by atoms with van der Waals surface area (Å²) in [6.07, 6.45) is 0. The van der Waals surface area contributed by atoms with Crippen LogP contribution in [-0.4, -0.2) is 31.1 Å². The molecule has 0 unspecified atom stereocenters. The van der Waals surface area contributed by atoms with Gasteiger partial charge in [0.2, 0.25) is 5.78 Å². The molecule has 0 fully saturated rings. The molecule has 1 aromatic rings. The molecule has 0 heterocycles. The maximum atomic E-state index is 11.5. The molecule has 0 saturated heterocycles. The van der Waals surface area contributed by atoms with Crippen LogP contribution in [0.25, 0.3) is 0 Å². The first-order valence-corrected chi connectivity index (χ1v) is 4.59. The normalized spacial score (nSPS) is 8.82. The maximum Gasteiger partial charge on any atom is 0.382 e. The molecule has 0 aliphatic rings. The van der Waals surface area contributed by atoms with E-state index in [0.717, 1.165) is 0 Å². The Kier molecular flexibility index (Phi) is 4.12. The molecule has 1 rings (SSSR count). The van der Waals surface area contributed by atoms with Crippen molar-refractivity contribution in [2.45, 2.75) is 0 Å². The topological polar surface area (TPSA) is 72.8 Å². The highest BCUT2D eigenvalue weighted by Gasteiger charge is 2.08. The van der Waals surface area contributed by atoms with Crippen LogP contribution in [0.1, 0.15) is 10.4 Å². The second-order valence-corrected chi connectivity index (χ2v) is 2.95. The molecular weight excluding hydrogens is 224 g/mol. The quantitative estimate of drug-likeness (QED) is 0.479. The number of hydrogen-bond acceptors (Lipinski definition) is 4. The van der Waals surface area contributed by atoms with E-state index in [1.807, 2.05) is 5.92 Å². The van der Waals surface area contributed by atoms with Gasteiger partial charge in [0.05, 0.1) is 14.2 Å². The number of ketones is 1. The largest absolute Gasteiger partial charge is 0.493 e. The van der Waals surface area contributed by atoms with Crippen molar-refractivity contribution in [3.8, 4) is 23.3 Å². The minimum Gasteiger partial charge on any atom is -0.493 e. The summed E-state index contributed by atoms with van der Waals surface area (Å²) in [5, 5.41) is 8.32. The van der Waals surface area contributed by atoms with E-state index in [1.165, 1.54) is 26.4 Å². The molecule has 1 N–H and O–H groups in total. The molecule has 0 atom stereocenters. The Morgan fingerprint density at radius 2 is 1.76 bits per heavy atom. The average Bonchev–Trinajstić information content (AvgIpc) is 2.34. The van der Waals surface area contributed by atoms with Crippen LogP contribution in [0, 0.1) is 11.8 Å². The molecule has 0 aromatic heterocycles. The van der Waals surface area contributed by atoms with Crippen molar-refractivity contribution in [1.29, 1.82) is 0 Å². The Labute approximate surface area is 98.0 Å². The van der Waals surface area contributed by atoms with Gasteiger partial charge in [-0.2, -0.15) is 0 Å². The standard InChI is InChI=1S/C12H10O5/c1-16-10-5-3-8(7-11(10)17-2)9(13)4-6-12(14)15/h3,5,7H,1-2H3,(H,14,15). The van der Waals surface area contributed by atoms with Crippen LogP contribution in [0.4, 0.5) is 0 Å². The minimum absolute atomic E-state index is 0.247. The molecule has 0 spiro atoms. The van der Waals surface area contributed by atoms with E-state index in [-0.39, 0.29) is 5.56 Å². The Hall–Kier alpha value is -2.48. The Balaban J connectivity index is 3.05. The number of rotatable bonds is 3. The number of ether oxygens (including phenoxy) is 2. The monoisotopic (exact) mass is 234 g/mol. The van der Waals surface area contributed by atoms with Gasteiger partial charge in [0.25, 0.3) is 0 Å². The van der Waals surface area contributed by atoms with Gasteiger partial charge >= 0.3 is 5.97 Å². The Morgan fingerprint density at radius 1 is 1.12 bits per heavy atom. The molecule has 0 radical (unpaired) electrons. The number of methoxy groups -OCH3 is 2. The highest BCUT2D eigenvalue weighted by molar-refractivity contribution is 6.11. The van der Waals surface area contributed by atoms with Crippen LogP contribution in [0.3, 0.4) is 0 Å². The molecular formula is C12H10O5. The van der Waals surface area contributed by atoms with E-state index in [1.54, 1.807) is 12.0 Å². The van der Waals surface area contributed by atoms with Gasteiger partial charge in [0, 0.05) is 11.5 Å². The molecule has 5 heteroatoms. The zero-order valence-electron chi connectivity index (χ0n) is 9.31. The van der Waals surface area contributed by atoms with E-state index in [4.69, 9.17) is 14.6 Å². The molecule has 5 nitrogen and oxygen atoms in total. The third kappa shape index (κ3) is 3.24. The van der Waals surface area contributed by atoms with E-state index in [2.05, 4.69) is 0 Å². The average molecular weight is 234 g/mol. The second kappa shape index (κ2) is 5.56. The summed E-state index contributed by atoms with van der Waals surface area (Å²) in [5.74, 6) is 2.69. The van der Waals surface area contributed by atoms with E-state index in [9.17, 15) is 9.59 Å². The molecule has 1 aromatic carbocycles. The number of carbonyl (C=O) groups excluding carboxylic acids is 1. The van der Waals surface area contributed by atoms with E-state index < -0.39 is 11.8 Å². The van der Waals surface area contributed by atoms with Gasteiger partial charge in [-0.15, -0.1) is 0 Å². The predicted octanol–water partition coefficient (Wildman–Crippen LogP) is 0.974. The summed E-state index contributed by atoms with van der Waals surface area (Å²) in [6, 6.07) is 4.48. The molecule has 0 amide bonds. The van der Waals surface area contributed by atoms with Crippen LogP contribution >= 0.6 is 0 Å². The first kappa shape index (κ1) is 12.6. The second-order valence-electron chi connectivity index (χ2n) is 2.95. The minimum atomic E-state index is -1.35. The van der Waals surface area contributed by atoms with Crippen LogP contribution in [0.15, 0.2) is 18.2 Å². The van der Waals surface area contributed by atoms with Crippen molar-refractivity contribution in [3.63, 3.8) is 0 Å². The van der Waals surface area contributed by atoms with Crippen LogP contribution in [0.2, 0.25) is 0 Å². The molecule has 0 aliphatic heterocycles. The number of carboxylic acid groups (broad SMARTS) is 1. The summed E-state index contributed by atoms with van der Waals surface area (Å²) in [7, 11) is 2.92. The third-order valence-corrected chi connectivity index (χ3v) is 1.93. The zero-order valence-corrected chi connectivity index (χ0v) is 9.31. The zero-order chi connectivity index (χ0) is 12.8. The smallest absolute Gasteiger partial charge is 0.382 e. The molecule has 0 saturated carbocycles. The molecule has 0 aliphatic carbocycles. The number of hydrogen-bond donors (Lipinski definition) is 1. The van der Waals surface area contributed by atoms with Crippen LogP contribution in [-0.2, 0) is 4.79 Å². The van der Waals surface area contributed by atoms with Crippen molar-refractivity contribution in [2.24, 2.45) is 0 Å². The number of aliphatic carboxylic acids is 1. The number of Topliss-reactive ketones (excluding diaryl/α,β-unsaturated/α-hetero) is 1. The van der Waals surface area contributed by atoms with Gasteiger partial charge in [-0.25, -0.2) is 4.79 Å². The van der Waals surface area contributed by atoms with Crippen LogP contribution < -0.4 is 9.47 Å². The summed E-state index contributed by atoms with van der Waals surface area (Å²) in [5.41, 5.74) is 0.247. The van der Waals surface area contributed by atoms with Crippen molar-refractivity contribution < 1.29 is 24.2 Å². The summed E-state index contributed by atoms with van der Waals surface area (Å²) in [4.78, 5) is 21.7. The first-order valence-electron chi connectivity index (χ1n) is 4.59. The summed E-state index contributed by atoms with van der Waals surface area (Å²) < 4.78 is 10.0. The van der Waals surface area contributed by atoms with E-state index >= 15 is 0 Å². The van der Waals surface area contributed by atoms with Gasteiger partial charge in [0.1, 0.15) is 0 Å². The Morgan fingerprint density at radius 3 is 2.29 bits per heavy atom. The van der Waals surface area contributed by atoms with Crippen molar-refractivity contribution in [3.05, 3.63) is 23.8 Å². The highest BCUT2D eigenvalue weighted by atomic mass is 16.5. The van der Waals surface area contributed by atoms with Gasteiger partial charge in [-0.3, -0.25) is 4.79 Å². The fourth-order valence-electron chi connectivity index (χ4n) is 1.16. The third-order valence-electron chi connectivity index (χ3n) is 1.93. The predicted molar refractivity (Wildman–Crippen MR) is 59.3 cm³/mol. The number of carbonyl (C=O) groups is 2. The van der Waals surface area contributed by atoms with Crippen molar-refractivity contribution >= 4 is 11.8 Å². The van der Waals surface area contributed by atoms with Gasteiger partial charge in [0.15, 0.2) is 11.5 Å². The fourth-order valence-corrected chi connectivity index (χ4v) is 1.16. The van der Waals surface area contributed by atoms with Gasteiger partial charge in [-0.05, 0) is 24.1 Å². The van der Waals surface area contributed by atoms with Crippen molar-refractivity contribution in [2.75, 3.05) is 14.2 Å². The van der Waals surface area contributed by atoms with Gasteiger partial charge in [-0.1, -0.05) is 0 Å². The fraction of sp³-hybridized carbons (Fsp3) is 0.167. The first-order chi connectivity index (χ1) is 8.08. The van der Waals surface area contributed by atoms with Gasteiger partial charge < -0.3 is 14.6 Å².